The Labute approximate surface area is 67.1 Å². The van der Waals surface area contributed by atoms with E-state index >= 15 is 0 Å². The molecule has 0 radical (unpaired) electrons. The minimum atomic E-state index is -0.711. The van der Waals surface area contributed by atoms with Crippen molar-refractivity contribution in [2.24, 2.45) is 17.4 Å². The van der Waals surface area contributed by atoms with Gasteiger partial charge in [-0.3, -0.25) is 4.79 Å². The zero-order valence-electron chi connectivity index (χ0n) is 6.97. The molecular weight excluding hydrogens is 140 g/mol. The van der Waals surface area contributed by atoms with Crippen LogP contribution in [0.5, 0.6) is 0 Å². The number of carbonyl (C=O) groups excluding carboxylic acids is 1. The molecule has 11 heavy (non-hydrogen) atoms. The molecule has 64 valence electrons. The van der Waals surface area contributed by atoms with Crippen molar-refractivity contribution in [3.05, 3.63) is 0 Å². The highest BCUT2D eigenvalue weighted by Crippen LogP contribution is 2.29. The van der Waals surface area contributed by atoms with Gasteiger partial charge in [-0.25, -0.2) is 0 Å². The van der Waals surface area contributed by atoms with Gasteiger partial charge in [0, 0.05) is 0 Å². The monoisotopic (exact) mass is 156 g/mol. The maximum Gasteiger partial charge on any atom is 0.237 e. The summed E-state index contributed by atoms with van der Waals surface area (Å²) in [6.07, 6.45) is 3.71. The lowest BCUT2D eigenvalue weighted by molar-refractivity contribution is -0.124. The second-order valence-electron chi connectivity index (χ2n) is 3.72. The number of primary amides is 1. The first-order chi connectivity index (χ1) is 5.04. The van der Waals surface area contributed by atoms with Gasteiger partial charge >= 0.3 is 0 Å². The van der Waals surface area contributed by atoms with Crippen LogP contribution in [0.2, 0.25) is 0 Å². The van der Waals surface area contributed by atoms with Crippen LogP contribution in [0.25, 0.3) is 0 Å². The molecule has 1 fully saturated rings. The van der Waals surface area contributed by atoms with Crippen LogP contribution in [0.3, 0.4) is 0 Å². The maximum absolute atomic E-state index is 10.9. The Balaban J connectivity index is 2.63. The molecule has 1 amide bonds. The molecule has 0 spiro atoms. The van der Waals surface area contributed by atoms with E-state index in [1.54, 1.807) is 0 Å². The minimum absolute atomic E-state index is 0.343. The predicted molar refractivity (Wildman–Crippen MR) is 43.7 cm³/mol. The van der Waals surface area contributed by atoms with Crippen molar-refractivity contribution in [2.75, 3.05) is 0 Å². The molecule has 1 aliphatic rings. The Morgan fingerprint density at radius 1 is 1.64 bits per heavy atom. The van der Waals surface area contributed by atoms with Crippen molar-refractivity contribution in [1.82, 2.24) is 0 Å². The zero-order chi connectivity index (χ0) is 8.48. The van der Waals surface area contributed by atoms with Gasteiger partial charge in [0.05, 0.1) is 5.54 Å². The largest absolute Gasteiger partial charge is 0.368 e. The van der Waals surface area contributed by atoms with E-state index in [4.69, 9.17) is 11.5 Å². The second kappa shape index (κ2) is 2.81. The normalized spacial score (nSPS) is 38.5. The van der Waals surface area contributed by atoms with Crippen molar-refractivity contribution in [3.8, 4) is 0 Å². The molecule has 0 aromatic heterocycles. The summed E-state index contributed by atoms with van der Waals surface area (Å²) in [5.74, 6) is 0.199. The Morgan fingerprint density at radius 3 is 2.64 bits per heavy atom. The first kappa shape index (κ1) is 8.53. The van der Waals surface area contributed by atoms with Crippen LogP contribution in [-0.4, -0.2) is 11.4 Å². The van der Waals surface area contributed by atoms with E-state index in [0.29, 0.717) is 5.92 Å². The van der Waals surface area contributed by atoms with Gasteiger partial charge in [0.25, 0.3) is 0 Å². The van der Waals surface area contributed by atoms with E-state index in [2.05, 4.69) is 6.92 Å². The molecule has 0 heterocycles. The molecule has 3 heteroatoms. The van der Waals surface area contributed by atoms with Crippen molar-refractivity contribution in [2.45, 2.75) is 38.1 Å². The molecule has 1 saturated carbocycles. The zero-order valence-corrected chi connectivity index (χ0v) is 6.97. The third kappa shape index (κ3) is 1.71. The highest BCUT2D eigenvalue weighted by Gasteiger charge is 2.35. The van der Waals surface area contributed by atoms with Crippen LogP contribution in [0, 0.1) is 5.92 Å². The summed E-state index contributed by atoms with van der Waals surface area (Å²) in [7, 11) is 0. The van der Waals surface area contributed by atoms with E-state index in [1.165, 1.54) is 6.42 Å². The van der Waals surface area contributed by atoms with E-state index in [-0.39, 0.29) is 5.91 Å². The molecule has 2 atom stereocenters. The molecule has 0 aromatic carbocycles. The Hall–Kier alpha value is -0.570. The standard InChI is InChI=1S/C8H16N2O/c1-6-3-2-4-8(10,5-6)7(9)11/h6H,2-5,10H2,1H3,(H2,9,11)/t6-,8+/m0/s1. The Morgan fingerprint density at radius 2 is 2.27 bits per heavy atom. The molecule has 0 bridgehead atoms. The fourth-order valence-corrected chi connectivity index (χ4v) is 1.82. The van der Waals surface area contributed by atoms with Crippen molar-refractivity contribution < 1.29 is 4.79 Å². The summed E-state index contributed by atoms with van der Waals surface area (Å²) in [6, 6.07) is 0. The fraction of sp³-hybridized carbons (Fsp3) is 0.875. The number of carbonyl (C=O) groups is 1. The first-order valence-electron chi connectivity index (χ1n) is 4.13. The average Bonchev–Trinajstić information content (AvgIpc) is 1.86. The molecule has 4 N–H and O–H groups in total. The molecule has 1 aliphatic carbocycles. The molecular formula is C8H16N2O. The minimum Gasteiger partial charge on any atom is -0.368 e. The van der Waals surface area contributed by atoms with Crippen LogP contribution in [0.4, 0.5) is 0 Å². The van der Waals surface area contributed by atoms with Gasteiger partial charge in [-0.05, 0) is 18.8 Å². The third-order valence-electron chi connectivity index (χ3n) is 2.52. The number of hydrogen-bond donors (Lipinski definition) is 2. The summed E-state index contributed by atoms with van der Waals surface area (Å²) >= 11 is 0. The summed E-state index contributed by atoms with van der Waals surface area (Å²) in [5, 5.41) is 0. The maximum atomic E-state index is 10.9. The van der Waals surface area contributed by atoms with E-state index < -0.39 is 5.54 Å². The topological polar surface area (TPSA) is 69.1 Å². The lowest BCUT2D eigenvalue weighted by Gasteiger charge is -2.33. The Kier molecular flexibility index (Phi) is 2.18. The SMILES string of the molecule is C[C@H]1CCC[C@](N)(C(N)=O)C1. The third-order valence-corrected chi connectivity index (χ3v) is 2.52. The summed E-state index contributed by atoms with van der Waals surface area (Å²) in [5.41, 5.74) is 10.3. The van der Waals surface area contributed by atoms with E-state index in [9.17, 15) is 4.79 Å². The lowest BCUT2D eigenvalue weighted by atomic mass is 9.77. The summed E-state index contributed by atoms with van der Waals surface area (Å²) in [6.45, 7) is 2.11. The molecule has 0 unspecified atom stereocenters. The van der Waals surface area contributed by atoms with Gasteiger partial charge in [0.2, 0.25) is 5.91 Å². The summed E-state index contributed by atoms with van der Waals surface area (Å²) < 4.78 is 0. The van der Waals surface area contributed by atoms with E-state index in [0.717, 1.165) is 19.3 Å². The van der Waals surface area contributed by atoms with Gasteiger partial charge in [-0.1, -0.05) is 19.8 Å². The smallest absolute Gasteiger partial charge is 0.237 e. The van der Waals surface area contributed by atoms with Gasteiger partial charge in [-0.15, -0.1) is 0 Å². The first-order valence-corrected chi connectivity index (χ1v) is 4.13. The van der Waals surface area contributed by atoms with Crippen LogP contribution < -0.4 is 11.5 Å². The van der Waals surface area contributed by atoms with Gasteiger partial charge in [-0.2, -0.15) is 0 Å². The van der Waals surface area contributed by atoms with Gasteiger partial charge < -0.3 is 11.5 Å². The molecule has 0 aromatic rings. The van der Waals surface area contributed by atoms with Gasteiger partial charge in [0.15, 0.2) is 0 Å². The highest BCUT2D eigenvalue weighted by atomic mass is 16.1. The van der Waals surface area contributed by atoms with Crippen LogP contribution in [0.1, 0.15) is 32.6 Å². The second-order valence-corrected chi connectivity index (χ2v) is 3.72. The van der Waals surface area contributed by atoms with Crippen LogP contribution >= 0.6 is 0 Å². The van der Waals surface area contributed by atoms with Crippen LogP contribution in [-0.2, 0) is 4.79 Å². The summed E-state index contributed by atoms with van der Waals surface area (Å²) in [4.78, 5) is 10.9. The van der Waals surface area contributed by atoms with Gasteiger partial charge in [0.1, 0.15) is 0 Å². The number of nitrogens with two attached hydrogens (primary N) is 2. The molecule has 1 rings (SSSR count). The molecule has 3 nitrogen and oxygen atoms in total. The quantitative estimate of drug-likeness (QED) is 0.576. The van der Waals surface area contributed by atoms with E-state index in [1.807, 2.05) is 0 Å². The average molecular weight is 156 g/mol. The lowest BCUT2D eigenvalue weighted by Crippen LogP contribution is -2.54. The number of rotatable bonds is 1. The number of hydrogen-bond acceptors (Lipinski definition) is 2. The van der Waals surface area contributed by atoms with Crippen molar-refractivity contribution in [1.29, 1.82) is 0 Å². The fourth-order valence-electron chi connectivity index (χ4n) is 1.82. The van der Waals surface area contributed by atoms with Crippen LogP contribution in [0.15, 0.2) is 0 Å². The highest BCUT2D eigenvalue weighted by molar-refractivity contribution is 5.84. The number of amides is 1. The predicted octanol–water partition coefficient (Wildman–Crippen LogP) is 0.379. The van der Waals surface area contributed by atoms with Crippen molar-refractivity contribution in [3.63, 3.8) is 0 Å². The van der Waals surface area contributed by atoms with Crippen molar-refractivity contribution >= 4 is 5.91 Å². The Bertz CT molecular complexity index is 169. The molecule has 0 saturated heterocycles. The molecule has 0 aliphatic heterocycles.